The van der Waals surface area contributed by atoms with Crippen LogP contribution >= 0.6 is 0 Å². The quantitative estimate of drug-likeness (QED) is 0.593. The molecule has 0 aromatic heterocycles. The van der Waals surface area contributed by atoms with E-state index in [4.69, 9.17) is 5.73 Å². The summed E-state index contributed by atoms with van der Waals surface area (Å²) in [4.78, 5) is 0. The molecule has 6 aliphatic rings. The Morgan fingerprint density at radius 3 is 2.15 bits per heavy atom. The Bertz CT molecular complexity index is 287. The molecule has 0 aliphatic heterocycles. The third kappa shape index (κ3) is 0.423. The summed E-state index contributed by atoms with van der Waals surface area (Å²) in [7, 11) is 0. The molecular weight excluding hydrogens is 158 g/mol. The van der Waals surface area contributed by atoms with Gasteiger partial charge in [-0.1, -0.05) is 0 Å². The fraction of sp³-hybridized carbons (Fsp3) is 1.00. The lowest BCUT2D eigenvalue weighted by molar-refractivity contribution is 0.132. The van der Waals surface area contributed by atoms with Gasteiger partial charge in [-0.2, -0.15) is 0 Å². The van der Waals surface area contributed by atoms with Crippen molar-refractivity contribution >= 4 is 0 Å². The van der Waals surface area contributed by atoms with Crippen molar-refractivity contribution in [3.05, 3.63) is 0 Å². The average molecular weight is 175 g/mol. The van der Waals surface area contributed by atoms with Crippen LogP contribution < -0.4 is 5.73 Å². The highest BCUT2D eigenvalue weighted by molar-refractivity contribution is 5.27. The summed E-state index contributed by atoms with van der Waals surface area (Å²) in [5.74, 6) is 9.07. The summed E-state index contributed by atoms with van der Waals surface area (Å²) < 4.78 is 0. The molecule has 6 saturated carbocycles. The van der Waals surface area contributed by atoms with Crippen LogP contribution in [0, 0.1) is 47.3 Å². The Hall–Kier alpha value is -0.0400. The monoisotopic (exact) mass is 175 g/mol. The Balaban J connectivity index is 1.75. The molecule has 6 rings (SSSR count). The molecule has 13 heavy (non-hydrogen) atoms. The second kappa shape index (κ2) is 1.60. The topological polar surface area (TPSA) is 26.0 Å². The molecule has 0 heterocycles. The second-order valence-corrected chi connectivity index (χ2v) is 6.36. The van der Waals surface area contributed by atoms with E-state index in [0.717, 1.165) is 29.6 Å². The van der Waals surface area contributed by atoms with Gasteiger partial charge in [0.05, 0.1) is 0 Å². The van der Waals surface area contributed by atoms with Crippen molar-refractivity contribution in [2.24, 2.45) is 53.1 Å². The van der Waals surface area contributed by atoms with Gasteiger partial charge >= 0.3 is 0 Å². The minimum Gasteiger partial charge on any atom is -0.327 e. The molecular formula is C12H17N. The summed E-state index contributed by atoms with van der Waals surface area (Å²) in [5, 5.41) is 0. The van der Waals surface area contributed by atoms with Crippen LogP contribution in [0.15, 0.2) is 0 Å². The van der Waals surface area contributed by atoms with Crippen molar-refractivity contribution in [2.75, 3.05) is 0 Å². The second-order valence-electron chi connectivity index (χ2n) is 6.36. The SMILES string of the molecule is NC1CC2C3C4CCC5C4C2C1C53. The molecule has 0 radical (unpaired) electrons. The largest absolute Gasteiger partial charge is 0.327 e. The van der Waals surface area contributed by atoms with Gasteiger partial charge in [0.1, 0.15) is 0 Å². The van der Waals surface area contributed by atoms with E-state index in [1.807, 2.05) is 0 Å². The van der Waals surface area contributed by atoms with Gasteiger partial charge in [0.15, 0.2) is 0 Å². The van der Waals surface area contributed by atoms with Crippen molar-refractivity contribution in [3.63, 3.8) is 0 Å². The zero-order valence-electron chi connectivity index (χ0n) is 7.89. The van der Waals surface area contributed by atoms with Crippen LogP contribution in [-0.2, 0) is 0 Å². The normalized spacial score (nSPS) is 80.5. The van der Waals surface area contributed by atoms with E-state index in [-0.39, 0.29) is 0 Å². The minimum absolute atomic E-state index is 0.614. The molecule has 9 unspecified atom stereocenters. The highest BCUT2D eigenvalue weighted by atomic mass is 14.9. The fourth-order valence-corrected chi connectivity index (χ4v) is 6.97. The predicted octanol–water partition coefficient (Wildman–Crippen LogP) is 1.48. The van der Waals surface area contributed by atoms with E-state index in [9.17, 15) is 0 Å². The molecule has 70 valence electrons. The number of rotatable bonds is 0. The number of hydrogen-bond acceptors (Lipinski definition) is 1. The van der Waals surface area contributed by atoms with Crippen molar-refractivity contribution in [1.29, 1.82) is 0 Å². The van der Waals surface area contributed by atoms with E-state index in [1.54, 1.807) is 12.8 Å². The zero-order chi connectivity index (χ0) is 8.32. The van der Waals surface area contributed by atoms with Gasteiger partial charge in [0.25, 0.3) is 0 Å². The van der Waals surface area contributed by atoms with Crippen molar-refractivity contribution in [2.45, 2.75) is 25.3 Å². The maximum absolute atomic E-state index is 6.26. The summed E-state index contributed by atoms with van der Waals surface area (Å²) in [5.41, 5.74) is 6.26. The smallest absolute Gasteiger partial charge is 0.00757 e. The summed E-state index contributed by atoms with van der Waals surface area (Å²) in [6.07, 6.45) is 4.56. The lowest BCUT2D eigenvalue weighted by Gasteiger charge is -2.37. The van der Waals surface area contributed by atoms with Crippen LogP contribution in [0.4, 0.5) is 0 Å². The Kier molecular flexibility index (Phi) is 0.793. The maximum atomic E-state index is 6.26. The highest BCUT2D eigenvalue weighted by Gasteiger charge is 2.78. The van der Waals surface area contributed by atoms with Crippen LogP contribution in [0.5, 0.6) is 0 Å². The first-order valence-electron chi connectivity index (χ1n) is 6.13. The van der Waals surface area contributed by atoms with Gasteiger partial charge in [0.2, 0.25) is 0 Å². The first-order chi connectivity index (χ1) is 6.38. The van der Waals surface area contributed by atoms with Gasteiger partial charge < -0.3 is 5.73 Å². The molecule has 6 fully saturated rings. The standard InChI is InChI=1S/C12H17N/c13-7-3-6-9-4-1-2-5-8(4)11(6)12(7)10(5)9/h4-12H,1-3,13H2. The molecule has 0 aromatic rings. The minimum atomic E-state index is 0.614. The molecule has 9 atom stereocenters. The lowest BCUT2D eigenvalue weighted by Crippen LogP contribution is -2.39. The molecule has 0 aromatic carbocycles. The summed E-state index contributed by atoms with van der Waals surface area (Å²) in [6, 6.07) is 0.614. The third-order valence-corrected chi connectivity index (χ3v) is 6.62. The first-order valence-corrected chi connectivity index (χ1v) is 6.13. The molecule has 0 spiro atoms. The molecule has 0 saturated heterocycles. The van der Waals surface area contributed by atoms with E-state index >= 15 is 0 Å². The average Bonchev–Trinajstić information content (AvgIpc) is 2.78. The molecule has 1 heteroatoms. The Morgan fingerprint density at radius 2 is 1.31 bits per heavy atom. The van der Waals surface area contributed by atoms with E-state index in [1.165, 1.54) is 24.2 Å². The van der Waals surface area contributed by atoms with Crippen LogP contribution in [0.1, 0.15) is 19.3 Å². The third-order valence-electron chi connectivity index (χ3n) is 6.62. The summed E-state index contributed by atoms with van der Waals surface area (Å²) in [6.45, 7) is 0. The molecule has 6 aliphatic carbocycles. The zero-order valence-corrected chi connectivity index (χ0v) is 7.89. The molecule has 0 amide bonds. The van der Waals surface area contributed by atoms with Gasteiger partial charge in [0, 0.05) is 6.04 Å². The Morgan fingerprint density at radius 1 is 0.692 bits per heavy atom. The number of hydrogen-bond donors (Lipinski definition) is 1. The van der Waals surface area contributed by atoms with Gasteiger partial charge in [-0.3, -0.25) is 0 Å². The van der Waals surface area contributed by atoms with E-state index in [0.29, 0.717) is 6.04 Å². The van der Waals surface area contributed by atoms with Crippen molar-refractivity contribution in [1.82, 2.24) is 0 Å². The van der Waals surface area contributed by atoms with E-state index in [2.05, 4.69) is 0 Å². The van der Waals surface area contributed by atoms with Crippen LogP contribution in [0.25, 0.3) is 0 Å². The van der Waals surface area contributed by atoms with E-state index < -0.39 is 0 Å². The van der Waals surface area contributed by atoms with Gasteiger partial charge in [-0.15, -0.1) is 0 Å². The highest BCUT2D eigenvalue weighted by Crippen LogP contribution is 2.81. The van der Waals surface area contributed by atoms with Gasteiger partial charge in [-0.25, -0.2) is 0 Å². The molecule has 2 N–H and O–H groups in total. The van der Waals surface area contributed by atoms with Crippen LogP contribution in [-0.4, -0.2) is 6.04 Å². The van der Waals surface area contributed by atoms with Crippen LogP contribution in [0.3, 0.4) is 0 Å². The maximum Gasteiger partial charge on any atom is 0.00757 e. The first kappa shape index (κ1) is 6.44. The molecule has 8 bridgehead atoms. The Labute approximate surface area is 79.1 Å². The molecule has 1 nitrogen and oxygen atoms in total. The van der Waals surface area contributed by atoms with Crippen molar-refractivity contribution in [3.8, 4) is 0 Å². The van der Waals surface area contributed by atoms with Crippen LogP contribution in [0.2, 0.25) is 0 Å². The lowest BCUT2D eigenvalue weighted by atomic mass is 9.70. The van der Waals surface area contributed by atoms with Crippen molar-refractivity contribution < 1.29 is 0 Å². The van der Waals surface area contributed by atoms with Gasteiger partial charge in [-0.05, 0) is 66.6 Å². The predicted molar refractivity (Wildman–Crippen MR) is 49.7 cm³/mol. The number of nitrogens with two attached hydrogens (primary N) is 1. The summed E-state index contributed by atoms with van der Waals surface area (Å²) >= 11 is 0. The fourth-order valence-electron chi connectivity index (χ4n) is 6.97.